The third kappa shape index (κ3) is 22.5. The molecular formula is C64H65BrN4O10. The fourth-order valence-corrected chi connectivity index (χ4v) is 7.60. The summed E-state index contributed by atoms with van der Waals surface area (Å²) in [6.45, 7) is 10.7. The Bertz CT molecular complexity index is 3120. The lowest BCUT2D eigenvalue weighted by Gasteiger charge is -2.19. The van der Waals surface area contributed by atoms with Crippen molar-refractivity contribution < 1.29 is 47.7 Å². The highest BCUT2D eigenvalue weighted by molar-refractivity contribution is 9.10. The van der Waals surface area contributed by atoms with E-state index in [4.69, 9.17) is 45.4 Å². The molecule has 0 aliphatic heterocycles. The summed E-state index contributed by atoms with van der Waals surface area (Å²) < 4.78 is 25.2. The SMILES string of the molecule is CCOC(=O)/C=C/Cc1ccccc1Br.CCOC(=O)/C=C/Cc1ccccc1C#N.CCOC(=O)/C=C/Cc1ccccc1C#N.CCOC(=O)C1C=Cc2ccccc2C1=N.CCOC(=O)c1ccc2ccccc2c1N. The van der Waals surface area contributed by atoms with Gasteiger partial charge in [0.1, 0.15) is 5.92 Å². The van der Waals surface area contributed by atoms with Crippen molar-refractivity contribution in [3.8, 4) is 12.1 Å². The lowest BCUT2D eigenvalue weighted by molar-refractivity contribution is -0.144. The van der Waals surface area contributed by atoms with Crippen molar-refractivity contribution in [2.45, 2.75) is 53.9 Å². The molecule has 1 unspecified atom stereocenters. The number of anilines is 1. The molecule has 408 valence electrons. The number of nitrogens with two attached hydrogens (primary N) is 1. The second kappa shape index (κ2) is 36.7. The van der Waals surface area contributed by atoms with Gasteiger partial charge in [-0.25, -0.2) is 19.2 Å². The highest BCUT2D eigenvalue weighted by Gasteiger charge is 2.27. The standard InChI is InChI=1S/4C13H13NO2.C12H13BrO2/c2*1-2-16-13(15)11-8-7-9-5-3-4-6-10(9)12(11)14;2*1-2-16-13(15)9-5-8-11-6-3-4-7-12(11)10-14;1-2-15-12(14)9-5-7-10-6-3-4-8-11(10)13/h3-8H,2,14H2,1H3;3-8,11,14H,2H2,1H3;2*3-7,9H,2,8H2,1H3;3-6,8-9H,2,7H2,1H3/b;;3*9-5+. The molecule has 0 aromatic heterocycles. The summed E-state index contributed by atoms with van der Waals surface area (Å²) in [4.78, 5) is 56.2. The number of nitriles is 2. The molecule has 0 saturated heterocycles. The smallest absolute Gasteiger partial charge is 0.340 e. The maximum atomic E-state index is 11.6. The molecule has 14 nitrogen and oxygen atoms in total. The Balaban J connectivity index is 0.000000260. The number of allylic oxidation sites excluding steroid dienone is 3. The van der Waals surface area contributed by atoms with E-state index in [1.165, 1.54) is 18.2 Å². The number of nitrogens with zero attached hydrogens (tertiary/aromatic N) is 2. The van der Waals surface area contributed by atoms with Crippen LogP contribution in [0.5, 0.6) is 0 Å². The van der Waals surface area contributed by atoms with Gasteiger partial charge in [-0.1, -0.05) is 156 Å². The van der Waals surface area contributed by atoms with Crippen molar-refractivity contribution in [3.63, 3.8) is 0 Å². The molecule has 1 atom stereocenters. The summed E-state index contributed by atoms with van der Waals surface area (Å²) in [5.41, 5.74) is 13.2. The van der Waals surface area contributed by atoms with Crippen LogP contribution in [-0.4, -0.2) is 68.6 Å². The molecule has 3 N–H and O–H groups in total. The van der Waals surface area contributed by atoms with Gasteiger partial charge in [0.25, 0.3) is 0 Å². The first kappa shape index (κ1) is 64.1. The number of nitrogens with one attached hydrogen (secondary N) is 1. The summed E-state index contributed by atoms with van der Waals surface area (Å²) >= 11 is 3.44. The topological polar surface area (TPSA) is 229 Å². The minimum Gasteiger partial charge on any atom is -0.465 e. The second-order valence-corrected chi connectivity index (χ2v) is 17.1. The average molecular weight is 1130 g/mol. The second-order valence-electron chi connectivity index (χ2n) is 16.3. The van der Waals surface area contributed by atoms with Crippen LogP contribution in [0.3, 0.4) is 0 Å². The molecule has 6 aromatic rings. The Labute approximate surface area is 471 Å². The van der Waals surface area contributed by atoms with E-state index in [0.717, 1.165) is 49.5 Å². The first-order chi connectivity index (χ1) is 38.3. The van der Waals surface area contributed by atoms with Gasteiger partial charge >= 0.3 is 29.8 Å². The first-order valence-electron chi connectivity index (χ1n) is 25.4. The van der Waals surface area contributed by atoms with Gasteiger partial charge in [0.2, 0.25) is 0 Å². The summed E-state index contributed by atoms with van der Waals surface area (Å²) in [5, 5.41) is 27.6. The zero-order valence-electron chi connectivity index (χ0n) is 45.0. The quantitative estimate of drug-likeness (QED) is 0.0398. The van der Waals surface area contributed by atoms with Crippen molar-refractivity contribution in [3.05, 3.63) is 225 Å². The van der Waals surface area contributed by atoms with Gasteiger partial charge < -0.3 is 34.8 Å². The fraction of sp³-hybridized carbons (Fsp3) is 0.219. The average Bonchev–Trinajstić information content (AvgIpc) is 3.45. The number of carbonyl (C=O) groups is 5. The molecule has 0 spiro atoms. The number of fused-ring (bicyclic) bond motifs is 2. The summed E-state index contributed by atoms with van der Waals surface area (Å²) in [7, 11) is 0. The number of ether oxygens (including phenoxy) is 5. The molecule has 0 bridgehead atoms. The van der Waals surface area contributed by atoms with Crippen molar-refractivity contribution in [2.24, 2.45) is 5.92 Å². The molecule has 6 aromatic carbocycles. The van der Waals surface area contributed by atoms with Gasteiger partial charge in [0.15, 0.2) is 0 Å². The van der Waals surface area contributed by atoms with Gasteiger partial charge in [0.05, 0.1) is 73.3 Å². The Morgan fingerprint density at radius 2 is 1.00 bits per heavy atom. The first-order valence-corrected chi connectivity index (χ1v) is 26.2. The number of rotatable bonds is 16. The van der Waals surface area contributed by atoms with E-state index in [1.807, 2.05) is 121 Å². The van der Waals surface area contributed by atoms with E-state index in [-0.39, 0.29) is 29.8 Å². The Hall–Kier alpha value is -9.18. The van der Waals surface area contributed by atoms with Crippen LogP contribution in [0.15, 0.2) is 180 Å². The molecule has 0 heterocycles. The Morgan fingerprint density at radius 1 is 0.557 bits per heavy atom. The van der Waals surface area contributed by atoms with E-state index in [1.54, 1.807) is 77.1 Å². The van der Waals surface area contributed by atoms with E-state index in [9.17, 15) is 24.0 Å². The largest absolute Gasteiger partial charge is 0.465 e. The van der Waals surface area contributed by atoms with E-state index < -0.39 is 5.92 Å². The maximum absolute atomic E-state index is 11.6. The van der Waals surface area contributed by atoms with Crippen molar-refractivity contribution in [2.75, 3.05) is 38.8 Å². The zero-order chi connectivity index (χ0) is 57.8. The number of halogens is 1. The van der Waals surface area contributed by atoms with Crippen LogP contribution >= 0.6 is 15.9 Å². The Kier molecular flexibility index (Phi) is 29.8. The lowest BCUT2D eigenvalue weighted by Crippen LogP contribution is -2.27. The van der Waals surface area contributed by atoms with Crippen LogP contribution in [0.1, 0.15) is 83.9 Å². The summed E-state index contributed by atoms with van der Waals surface area (Å²) in [6, 6.07) is 45.6. The van der Waals surface area contributed by atoms with Gasteiger partial charge in [-0.2, -0.15) is 10.5 Å². The van der Waals surface area contributed by atoms with Crippen LogP contribution in [-0.2, 0) is 62.1 Å². The zero-order valence-corrected chi connectivity index (χ0v) is 46.6. The monoisotopic (exact) mass is 1130 g/mol. The number of benzene rings is 6. The number of esters is 5. The predicted octanol–water partition coefficient (Wildman–Crippen LogP) is 12.4. The fourth-order valence-electron chi connectivity index (χ4n) is 7.16. The lowest BCUT2D eigenvalue weighted by atomic mass is 9.88. The molecule has 0 radical (unpaired) electrons. The molecule has 1 aliphatic rings. The minimum atomic E-state index is -0.560. The molecule has 15 heteroatoms. The van der Waals surface area contributed by atoms with Crippen LogP contribution in [0.2, 0.25) is 0 Å². The minimum absolute atomic E-state index is 0.287. The molecule has 0 saturated carbocycles. The molecule has 0 fully saturated rings. The number of carbonyl (C=O) groups excluding carboxylic acids is 5. The van der Waals surface area contributed by atoms with Crippen LogP contribution in [0.4, 0.5) is 5.69 Å². The van der Waals surface area contributed by atoms with Crippen molar-refractivity contribution in [1.29, 1.82) is 15.9 Å². The predicted molar refractivity (Wildman–Crippen MR) is 312 cm³/mol. The normalized spacial score (nSPS) is 11.8. The molecular weight excluding hydrogens is 1060 g/mol. The third-order valence-corrected chi connectivity index (χ3v) is 11.7. The summed E-state index contributed by atoms with van der Waals surface area (Å²) in [5.74, 6) is -2.27. The number of nitrogen functional groups attached to an aromatic ring is 1. The summed E-state index contributed by atoms with van der Waals surface area (Å²) in [6.07, 6.45) is 14.9. The Morgan fingerprint density at radius 3 is 1.51 bits per heavy atom. The molecule has 79 heavy (non-hydrogen) atoms. The molecule has 1 aliphatic carbocycles. The van der Waals surface area contributed by atoms with Crippen molar-refractivity contribution >= 4 is 74.0 Å². The van der Waals surface area contributed by atoms with Gasteiger partial charge in [0, 0.05) is 33.7 Å². The maximum Gasteiger partial charge on any atom is 0.340 e. The van der Waals surface area contributed by atoms with E-state index in [2.05, 4.69) is 28.1 Å². The van der Waals surface area contributed by atoms with Crippen LogP contribution in [0, 0.1) is 34.0 Å². The van der Waals surface area contributed by atoms with Gasteiger partial charge in [-0.05, 0) is 106 Å². The van der Waals surface area contributed by atoms with E-state index >= 15 is 0 Å². The van der Waals surface area contributed by atoms with Crippen LogP contribution in [0.25, 0.3) is 16.8 Å². The molecule has 0 amide bonds. The van der Waals surface area contributed by atoms with Crippen molar-refractivity contribution in [1.82, 2.24) is 0 Å². The number of hydrogen-bond acceptors (Lipinski definition) is 14. The van der Waals surface area contributed by atoms with Gasteiger partial charge in [-0.3, -0.25) is 4.79 Å². The van der Waals surface area contributed by atoms with Crippen LogP contribution < -0.4 is 5.73 Å². The third-order valence-electron chi connectivity index (χ3n) is 10.9. The van der Waals surface area contributed by atoms with E-state index in [0.29, 0.717) is 74.0 Å². The molecule has 7 rings (SSSR count). The van der Waals surface area contributed by atoms with Gasteiger partial charge in [-0.15, -0.1) is 0 Å². The highest BCUT2D eigenvalue weighted by Crippen LogP contribution is 2.26. The highest BCUT2D eigenvalue weighted by atomic mass is 79.9. The number of hydrogen-bond donors (Lipinski definition) is 2.